The largest absolute Gasteiger partial charge is 0.448 e. The molecule has 1 fully saturated rings. The van der Waals surface area contributed by atoms with E-state index in [2.05, 4.69) is 15.0 Å². The minimum absolute atomic E-state index is 0.0471. The van der Waals surface area contributed by atoms with Gasteiger partial charge in [-0.15, -0.1) is 0 Å². The zero-order chi connectivity index (χ0) is 16.4. The number of carbonyl (C=O) groups excluding carboxylic acids is 1. The van der Waals surface area contributed by atoms with E-state index in [-0.39, 0.29) is 11.9 Å². The van der Waals surface area contributed by atoms with E-state index in [1.807, 2.05) is 23.9 Å². The highest BCUT2D eigenvalue weighted by atomic mass is 16.3. The van der Waals surface area contributed by atoms with E-state index in [0.29, 0.717) is 18.1 Å². The van der Waals surface area contributed by atoms with Crippen LogP contribution in [-0.2, 0) is 6.54 Å². The second-order valence-corrected chi connectivity index (χ2v) is 6.08. The summed E-state index contributed by atoms with van der Waals surface area (Å²) in [6, 6.07) is -0.0471. The SMILES string of the molecule is Cc1nc(C(=O)N2CCC[C@@H]2c2cncc(CN(C)C)n2)co1. The average Bonchev–Trinajstić information content (AvgIpc) is 3.15. The lowest BCUT2D eigenvalue weighted by Gasteiger charge is -2.23. The highest BCUT2D eigenvalue weighted by molar-refractivity contribution is 5.92. The van der Waals surface area contributed by atoms with Crippen LogP contribution < -0.4 is 0 Å². The van der Waals surface area contributed by atoms with Crippen LogP contribution in [0.2, 0.25) is 0 Å². The Morgan fingerprint density at radius 1 is 1.39 bits per heavy atom. The Morgan fingerprint density at radius 3 is 2.91 bits per heavy atom. The van der Waals surface area contributed by atoms with Crippen molar-refractivity contribution in [2.45, 2.75) is 32.4 Å². The molecule has 0 N–H and O–H groups in total. The van der Waals surface area contributed by atoms with Crippen molar-refractivity contribution in [2.24, 2.45) is 0 Å². The molecule has 1 aliphatic rings. The quantitative estimate of drug-likeness (QED) is 0.856. The van der Waals surface area contributed by atoms with Gasteiger partial charge >= 0.3 is 0 Å². The number of amides is 1. The first-order valence-corrected chi connectivity index (χ1v) is 7.73. The molecule has 0 aromatic carbocycles. The third-order valence-corrected chi connectivity index (χ3v) is 3.87. The molecule has 0 spiro atoms. The van der Waals surface area contributed by atoms with E-state index in [4.69, 9.17) is 4.42 Å². The minimum Gasteiger partial charge on any atom is -0.448 e. The zero-order valence-corrected chi connectivity index (χ0v) is 13.7. The molecule has 2 aromatic heterocycles. The Balaban J connectivity index is 1.82. The molecule has 0 bridgehead atoms. The van der Waals surface area contributed by atoms with E-state index in [1.54, 1.807) is 19.3 Å². The average molecular weight is 315 g/mol. The topological polar surface area (TPSA) is 75.4 Å². The molecule has 7 nitrogen and oxygen atoms in total. The Bertz CT molecular complexity index is 697. The first-order chi connectivity index (χ1) is 11.0. The maximum atomic E-state index is 12.7. The number of hydrogen-bond acceptors (Lipinski definition) is 6. The number of nitrogens with zero attached hydrogens (tertiary/aromatic N) is 5. The number of oxazole rings is 1. The Labute approximate surface area is 135 Å². The van der Waals surface area contributed by atoms with Crippen molar-refractivity contribution in [1.29, 1.82) is 0 Å². The number of carbonyl (C=O) groups is 1. The molecule has 122 valence electrons. The summed E-state index contributed by atoms with van der Waals surface area (Å²) in [5, 5.41) is 0. The van der Waals surface area contributed by atoms with E-state index in [0.717, 1.165) is 30.8 Å². The van der Waals surface area contributed by atoms with Gasteiger partial charge < -0.3 is 14.2 Å². The number of likely N-dealkylation sites (tertiary alicyclic amines) is 1. The third-order valence-electron chi connectivity index (χ3n) is 3.87. The Morgan fingerprint density at radius 2 is 2.22 bits per heavy atom. The molecule has 1 atom stereocenters. The second-order valence-electron chi connectivity index (χ2n) is 6.08. The van der Waals surface area contributed by atoms with Crippen molar-refractivity contribution >= 4 is 5.91 Å². The van der Waals surface area contributed by atoms with Gasteiger partial charge in [0.15, 0.2) is 11.6 Å². The smallest absolute Gasteiger partial charge is 0.276 e. The lowest BCUT2D eigenvalue weighted by atomic mass is 10.1. The molecule has 0 aliphatic carbocycles. The van der Waals surface area contributed by atoms with E-state index in [1.165, 1.54) is 6.26 Å². The normalized spacial score (nSPS) is 17.9. The van der Waals surface area contributed by atoms with Crippen molar-refractivity contribution in [3.63, 3.8) is 0 Å². The van der Waals surface area contributed by atoms with Crippen LogP contribution in [0.5, 0.6) is 0 Å². The summed E-state index contributed by atoms with van der Waals surface area (Å²) >= 11 is 0. The van der Waals surface area contributed by atoms with Crippen LogP contribution in [0.1, 0.15) is 46.7 Å². The summed E-state index contributed by atoms with van der Waals surface area (Å²) in [5.74, 6) is 0.390. The van der Waals surface area contributed by atoms with Crippen LogP contribution >= 0.6 is 0 Å². The first-order valence-electron chi connectivity index (χ1n) is 7.73. The fraction of sp³-hybridized carbons (Fsp3) is 0.500. The summed E-state index contributed by atoms with van der Waals surface area (Å²) in [6.07, 6.45) is 6.78. The molecule has 1 aliphatic heterocycles. The molecule has 23 heavy (non-hydrogen) atoms. The lowest BCUT2D eigenvalue weighted by Crippen LogP contribution is -2.31. The van der Waals surface area contributed by atoms with Gasteiger partial charge in [-0.3, -0.25) is 14.8 Å². The van der Waals surface area contributed by atoms with Gasteiger partial charge in [0.2, 0.25) is 0 Å². The predicted molar refractivity (Wildman–Crippen MR) is 83.7 cm³/mol. The minimum atomic E-state index is -0.107. The third kappa shape index (κ3) is 3.39. The summed E-state index contributed by atoms with van der Waals surface area (Å²) in [5.41, 5.74) is 2.10. The zero-order valence-electron chi connectivity index (χ0n) is 13.7. The number of rotatable bonds is 4. The molecule has 1 amide bonds. The van der Waals surface area contributed by atoms with Gasteiger partial charge in [-0.1, -0.05) is 0 Å². The first kappa shape index (κ1) is 15.6. The number of aryl methyl sites for hydroxylation is 1. The number of aromatic nitrogens is 3. The molecule has 2 aromatic rings. The summed E-state index contributed by atoms with van der Waals surface area (Å²) < 4.78 is 5.16. The molecular weight excluding hydrogens is 294 g/mol. The van der Waals surface area contributed by atoms with Crippen LogP contribution in [0, 0.1) is 6.92 Å². The number of hydrogen-bond donors (Lipinski definition) is 0. The van der Waals surface area contributed by atoms with Crippen LogP contribution in [0.25, 0.3) is 0 Å². The lowest BCUT2D eigenvalue weighted by molar-refractivity contribution is 0.0726. The molecule has 7 heteroatoms. The molecular formula is C16H21N5O2. The van der Waals surface area contributed by atoms with Crippen LogP contribution in [0.15, 0.2) is 23.1 Å². The van der Waals surface area contributed by atoms with Crippen molar-refractivity contribution in [1.82, 2.24) is 24.8 Å². The fourth-order valence-electron chi connectivity index (χ4n) is 2.91. The van der Waals surface area contributed by atoms with E-state index < -0.39 is 0 Å². The van der Waals surface area contributed by atoms with Gasteiger partial charge in [0, 0.05) is 26.2 Å². The highest BCUT2D eigenvalue weighted by Crippen LogP contribution is 2.31. The van der Waals surface area contributed by atoms with Crippen molar-refractivity contribution in [3.8, 4) is 0 Å². The van der Waals surface area contributed by atoms with Gasteiger partial charge in [-0.25, -0.2) is 4.98 Å². The van der Waals surface area contributed by atoms with Crippen molar-refractivity contribution in [2.75, 3.05) is 20.6 Å². The standard InChI is InChI=1S/C16H21N5O2/c1-11-18-14(10-23-11)16(22)21-6-4-5-15(21)13-8-17-7-12(19-13)9-20(2)3/h7-8,10,15H,4-6,9H2,1-3H3/t15-/m1/s1. The van der Waals surface area contributed by atoms with Gasteiger partial charge in [-0.05, 0) is 26.9 Å². The van der Waals surface area contributed by atoms with Gasteiger partial charge in [-0.2, -0.15) is 0 Å². The van der Waals surface area contributed by atoms with Crippen molar-refractivity contribution < 1.29 is 9.21 Å². The van der Waals surface area contributed by atoms with Gasteiger partial charge in [0.25, 0.3) is 5.91 Å². The van der Waals surface area contributed by atoms with Crippen LogP contribution in [0.3, 0.4) is 0 Å². The van der Waals surface area contributed by atoms with E-state index >= 15 is 0 Å². The summed E-state index contributed by atoms with van der Waals surface area (Å²) in [4.78, 5) is 29.6. The Kier molecular flexibility index (Phi) is 4.38. The van der Waals surface area contributed by atoms with E-state index in [9.17, 15) is 4.79 Å². The summed E-state index contributed by atoms with van der Waals surface area (Å²) in [7, 11) is 3.99. The molecule has 1 saturated heterocycles. The molecule has 0 radical (unpaired) electrons. The van der Waals surface area contributed by atoms with Gasteiger partial charge in [0.05, 0.1) is 23.6 Å². The van der Waals surface area contributed by atoms with Gasteiger partial charge in [0.1, 0.15) is 6.26 Å². The molecule has 0 saturated carbocycles. The highest BCUT2D eigenvalue weighted by Gasteiger charge is 2.33. The predicted octanol–water partition coefficient (Wildman–Crippen LogP) is 1.81. The van der Waals surface area contributed by atoms with Crippen molar-refractivity contribution in [3.05, 3.63) is 41.6 Å². The van der Waals surface area contributed by atoms with Crippen LogP contribution in [-0.4, -0.2) is 51.3 Å². The summed E-state index contributed by atoms with van der Waals surface area (Å²) in [6.45, 7) is 3.16. The maximum absolute atomic E-state index is 12.7. The monoisotopic (exact) mass is 315 g/mol. The fourth-order valence-corrected chi connectivity index (χ4v) is 2.91. The Hall–Kier alpha value is -2.28. The van der Waals surface area contributed by atoms with Crippen LogP contribution in [0.4, 0.5) is 0 Å². The molecule has 3 rings (SSSR count). The second kappa shape index (κ2) is 6.45. The maximum Gasteiger partial charge on any atom is 0.276 e. The molecule has 0 unspecified atom stereocenters. The molecule has 3 heterocycles.